The fourth-order valence-electron chi connectivity index (χ4n) is 3.51. The number of hydrogen-bond acceptors (Lipinski definition) is 7. The molecule has 0 saturated heterocycles. The largest absolute Gasteiger partial charge is 0.416 e. The zero-order valence-corrected chi connectivity index (χ0v) is 23.7. The molecule has 0 saturated carbocycles. The Balaban J connectivity index is 1.49. The normalized spacial score (nSPS) is 17.9. The number of thiazole rings is 1. The summed E-state index contributed by atoms with van der Waals surface area (Å²) in [5.41, 5.74) is 4.17. The van der Waals surface area contributed by atoms with E-state index in [9.17, 15) is 31.1 Å². The van der Waals surface area contributed by atoms with Crippen LogP contribution in [0.1, 0.15) is 34.1 Å². The van der Waals surface area contributed by atoms with Gasteiger partial charge in [0.25, 0.3) is 0 Å². The summed E-state index contributed by atoms with van der Waals surface area (Å²) in [7, 11) is 0. The lowest BCUT2D eigenvalue weighted by molar-refractivity contribution is -0.137. The van der Waals surface area contributed by atoms with Gasteiger partial charge in [-0.2, -0.15) is 26.3 Å². The van der Waals surface area contributed by atoms with Gasteiger partial charge in [-0.15, -0.1) is 11.6 Å². The van der Waals surface area contributed by atoms with E-state index in [0.29, 0.717) is 27.8 Å². The first-order chi connectivity index (χ1) is 18.5. The lowest BCUT2D eigenvalue weighted by Crippen LogP contribution is -2.32. The standard InChI is InChI=1S/C24H15Cl3F6N4OS2/c1-22(27)8-11(24(31,32)33)9-35-20(22)39-13-4-2-12(3-5-13)36-21-37-19(34)18(40-21)17(38)16-14(25)6-10(7-15(16)26)23(28,29)30/h2-7,9H,8,34H2,1H3,(H,36,37). The number of nitrogens with two attached hydrogens (primary N) is 1. The molecule has 3 N–H and O–H groups in total. The summed E-state index contributed by atoms with van der Waals surface area (Å²) in [5, 5.41) is 2.50. The first-order valence-corrected chi connectivity index (χ1v) is 13.7. The summed E-state index contributed by atoms with van der Waals surface area (Å²) in [4.78, 5) is 20.3. The third-order valence-corrected chi connectivity index (χ3v) is 8.71. The van der Waals surface area contributed by atoms with Crippen LogP contribution < -0.4 is 11.1 Å². The molecule has 0 bridgehead atoms. The summed E-state index contributed by atoms with van der Waals surface area (Å²) >= 11 is 20.2. The molecule has 1 unspecified atom stereocenters. The molecule has 0 radical (unpaired) electrons. The third-order valence-electron chi connectivity index (χ3n) is 5.45. The van der Waals surface area contributed by atoms with Crippen molar-refractivity contribution in [3.8, 4) is 0 Å². The number of halogens is 9. The van der Waals surface area contributed by atoms with Crippen molar-refractivity contribution in [2.45, 2.75) is 35.5 Å². The first kappa shape index (κ1) is 30.5. The number of aliphatic imine (C=N–C) groups is 1. The van der Waals surface area contributed by atoms with Crippen LogP contribution >= 0.6 is 57.9 Å². The topological polar surface area (TPSA) is 80.4 Å². The van der Waals surface area contributed by atoms with Crippen LogP contribution in [0.3, 0.4) is 0 Å². The molecule has 0 amide bonds. The lowest BCUT2D eigenvalue weighted by Gasteiger charge is -2.28. The highest BCUT2D eigenvalue weighted by Crippen LogP contribution is 2.43. The van der Waals surface area contributed by atoms with E-state index in [1.807, 2.05) is 0 Å². The molecule has 2 heterocycles. The lowest BCUT2D eigenvalue weighted by atomic mass is 9.99. The number of rotatable bonds is 5. The van der Waals surface area contributed by atoms with Crippen LogP contribution in [0.4, 0.5) is 43.0 Å². The highest BCUT2D eigenvalue weighted by Gasteiger charge is 2.42. The maximum absolute atomic E-state index is 13.0. The number of aromatic nitrogens is 1. The Morgan fingerprint density at radius 1 is 1.07 bits per heavy atom. The Morgan fingerprint density at radius 2 is 1.68 bits per heavy atom. The van der Waals surface area contributed by atoms with Gasteiger partial charge < -0.3 is 11.1 Å². The van der Waals surface area contributed by atoms with Crippen molar-refractivity contribution < 1.29 is 31.1 Å². The van der Waals surface area contributed by atoms with E-state index in [-0.39, 0.29) is 21.4 Å². The van der Waals surface area contributed by atoms with Crippen LogP contribution in [-0.4, -0.2) is 26.9 Å². The van der Waals surface area contributed by atoms with Gasteiger partial charge in [-0.3, -0.25) is 9.79 Å². The van der Waals surface area contributed by atoms with Crippen molar-refractivity contribution in [3.63, 3.8) is 0 Å². The summed E-state index contributed by atoms with van der Waals surface area (Å²) in [6.45, 7) is 1.46. The quantitative estimate of drug-likeness (QED) is 0.162. The minimum Gasteiger partial charge on any atom is -0.382 e. The van der Waals surface area contributed by atoms with Gasteiger partial charge in [0.15, 0.2) is 5.13 Å². The number of hydrogen-bond donors (Lipinski definition) is 2. The average Bonchev–Trinajstić information content (AvgIpc) is 3.19. The monoisotopic (exact) mass is 658 g/mol. The Labute approximate surface area is 246 Å². The number of carbonyl (C=O) groups excluding carboxylic acids is 1. The van der Waals surface area contributed by atoms with Crippen LogP contribution in [0, 0.1) is 0 Å². The van der Waals surface area contributed by atoms with Gasteiger partial charge in [-0.1, -0.05) is 46.3 Å². The first-order valence-electron chi connectivity index (χ1n) is 10.9. The van der Waals surface area contributed by atoms with E-state index in [4.69, 9.17) is 40.5 Å². The number of nitrogens with zero attached hydrogens (tertiary/aromatic N) is 2. The van der Waals surface area contributed by atoms with Gasteiger partial charge in [-0.25, -0.2) is 4.98 Å². The summed E-state index contributed by atoms with van der Waals surface area (Å²) in [5.74, 6) is -0.974. The Bertz CT molecular complexity index is 1510. The van der Waals surface area contributed by atoms with E-state index in [0.717, 1.165) is 29.3 Å². The molecule has 5 nitrogen and oxygen atoms in total. The van der Waals surface area contributed by atoms with Crippen LogP contribution in [0.2, 0.25) is 10.0 Å². The number of nitrogens with one attached hydrogen (secondary N) is 1. The van der Waals surface area contributed by atoms with Gasteiger partial charge in [-0.05, 0) is 43.3 Å². The van der Waals surface area contributed by atoms with Crippen molar-refractivity contribution in [2.24, 2.45) is 4.99 Å². The molecule has 212 valence electrons. The number of benzene rings is 2. The smallest absolute Gasteiger partial charge is 0.382 e. The van der Waals surface area contributed by atoms with Crippen molar-refractivity contribution in [3.05, 3.63) is 74.2 Å². The van der Waals surface area contributed by atoms with Crippen LogP contribution in [0.15, 0.2) is 58.1 Å². The second-order valence-corrected chi connectivity index (χ2v) is 12.3. The zero-order valence-electron chi connectivity index (χ0n) is 19.8. The van der Waals surface area contributed by atoms with Crippen LogP contribution in [0.25, 0.3) is 0 Å². The highest BCUT2D eigenvalue weighted by molar-refractivity contribution is 8.14. The van der Waals surface area contributed by atoms with E-state index in [1.165, 1.54) is 6.92 Å². The van der Waals surface area contributed by atoms with Crippen LogP contribution in [0.5, 0.6) is 0 Å². The molecule has 4 rings (SSSR count). The van der Waals surface area contributed by atoms with Gasteiger partial charge in [0, 0.05) is 23.2 Å². The molecular formula is C24H15Cl3F6N4OS2. The predicted molar refractivity (Wildman–Crippen MR) is 147 cm³/mol. The van der Waals surface area contributed by atoms with Gasteiger partial charge in [0.05, 0.1) is 36.7 Å². The zero-order chi connectivity index (χ0) is 29.6. The average molecular weight is 660 g/mol. The number of allylic oxidation sites excluding steroid dienone is 1. The predicted octanol–water partition coefficient (Wildman–Crippen LogP) is 9.36. The molecule has 16 heteroatoms. The fourth-order valence-corrected chi connectivity index (χ4v) is 6.22. The van der Waals surface area contributed by atoms with Gasteiger partial charge in [0.2, 0.25) is 5.78 Å². The van der Waals surface area contributed by atoms with Crippen molar-refractivity contribution in [2.75, 3.05) is 11.1 Å². The fraction of sp³-hybridized carbons (Fsp3) is 0.208. The van der Waals surface area contributed by atoms with Crippen LogP contribution in [-0.2, 0) is 6.18 Å². The summed E-state index contributed by atoms with van der Waals surface area (Å²) in [6.07, 6.45) is -8.86. The van der Waals surface area contributed by atoms with Gasteiger partial charge in [0.1, 0.15) is 10.7 Å². The molecule has 0 aliphatic carbocycles. The van der Waals surface area contributed by atoms with Crippen molar-refractivity contribution >= 4 is 85.4 Å². The number of carbonyl (C=O) groups is 1. The maximum atomic E-state index is 13.0. The summed E-state index contributed by atoms with van der Waals surface area (Å²) in [6, 6.07) is 7.86. The molecular weight excluding hydrogens is 645 g/mol. The Morgan fingerprint density at radius 3 is 2.20 bits per heavy atom. The third kappa shape index (κ3) is 6.71. The summed E-state index contributed by atoms with van der Waals surface area (Å²) < 4.78 is 78.1. The number of ketones is 1. The number of anilines is 3. The molecule has 1 aliphatic rings. The molecule has 3 aromatic rings. The minimum absolute atomic E-state index is 0.0822. The van der Waals surface area contributed by atoms with E-state index < -0.39 is 50.6 Å². The van der Waals surface area contributed by atoms with Crippen molar-refractivity contribution in [1.29, 1.82) is 0 Å². The van der Waals surface area contributed by atoms with Gasteiger partial charge >= 0.3 is 12.4 Å². The number of thioether (sulfide) groups is 1. The minimum atomic E-state index is -4.70. The Hall–Kier alpha value is -2.45. The number of alkyl halides is 7. The molecule has 1 aromatic heterocycles. The van der Waals surface area contributed by atoms with E-state index in [1.54, 1.807) is 24.3 Å². The SMILES string of the molecule is CC1(Cl)CC(C(F)(F)F)=CN=C1Sc1ccc(Nc2nc(N)c(C(=O)c3c(Cl)cc(C(F)(F)F)cc3Cl)s2)cc1. The molecule has 0 spiro atoms. The number of nitrogen functional groups attached to an aromatic ring is 1. The van der Waals surface area contributed by atoms with Crippen molar-refractivity contribution in [1.82, 2.24) is 4.98 Å². The highest BCUT2D eigenvalue weighted by atomic mass is 35.5. The Kier molecular flexibility index (Phi) is 8.46. The van der Waals surface area contributed by atoms with E-state index in [2.05, 4.69) is 15.3 Å². The molecule has 2 aromatic carbocycles. The van der Waals surface area contributed by atoms with E-state index >= 15 is 0 Å². The maximum Gasteiger partial charge on any atom is 0.416 e. The molecule has 40 heavy (non-hydrogen) atoms. The second-order valence-electron chi connectivity index (χ2n) is 8.59. The molecule has 1 aliphatic heterocycles. The molecule has 0 fully saturated rings. The second kappa shape index (κ2) is 11.1. The molecule has 1 atom stereocenters.